The predicted molar refractivity (Wildman–Crippen MR) is 80.8 cm³/mol. The van der Waals surface area contributed by atoms with Gasteiger partial charge in [-0.1, -0.05) is 0 Å². The van der Waals surface area contributed by atoms with Crippen molar-refractivity contribution in [3.05, 3.63) is 21.9 Å². The molecule has 0 saturated heterocycles. The van der Waals surface area contributed by atoms with Crippen LogP contribution in [-0.2, 0) is 13.0 Å². The molecule has 2 aliphatic rings. The van der Waals surface area contributed by atoms with Gasteiger partial charge in [0.2, 0.25) is 0 Å². The van der Waals surface area contributed by atoms with Gasteiger partial charge in [0, 0.05) is 36.6 Å². The summed E-state index contributed by atoms with van der Waals surface area (Å²) in [5.74, 6) is 0.965. The number of guanidine groups is 1. The van der Waals surface area contributed by atoms with Gasteiger partial charge in [-0.15, -0.1) is 11.3 Å². The van der Waals surface area contributed by atoms with Gasteiger partial charge in [0.25, 0.3) is 0 Å². The van der Waals surface area contributed by atoms with E-state index in [9.17, 15) is 0 Å². The van der Waals surface area contributed by atoms with E-state index in [4.69, 9.17) is 0 Å². The van der Waals surface area contributed by atoms with E-state index in [1.54, 1.807) is 4.88 Å². The Morgan fingerprint density at radius 1 is 1.63 bits per heavy atom. The van der Waals surface area contributed by atoms with E-state index in [0.717, 1.165) is 25.6 Å². The third-order valence-electron chi connectivity index (χ3n) is 3.93. The number of hydrogen-bond acceptors (Lipinski definition) is 5. The normalized spacial score (nSPS) is 24.5. The molecule has 0 aromatic carbocycles. The monoisotopic (exact) mass is 278 g/mol. The van der Waals surface area contributed by atoms with Crippen molar-refractivity contribution in [2.24, 2.45) is 4.99 Å². The van der Waals surface area contributed by atoms with Crippen molar-refractivity contribution in [1.29, 1.82) is 0 Å². The Morgan fingerprint density at radius 3 is 3.32 bits per heavy atom. The Morgan fingerprint density at radius 2 is 2.53 bits per heavy atom. The molecule has 0 amide bonds. The zero-order chi connectivity index (χ0) is 13.2. The molecular formula is C14H22N4S. The lowest BCUT2D eigenvalue weighted by Gasteiger charge is -2.32. The number of fused-ring (bicyclic) bond motifs is 1. The minimum atomic E-state index is 0.473. The largest absolute Gasteiger partial charge is 0.355 e. The van der Waals surface area contributed by atoms with E-state index >= 15 is 0 Å². The van der Waals surface area contributed by atoms with Crippen molar-refractivity contribution in [1.82, 2.24) is 15.5 Å². The highest BCUT2D eigenvalue weighted by molar-refractivity contribution is 7.10. The van der Waals surface area contributed by atoms with E-state index in [1.807, 2.05) is 11.3 Å². The fourth-order valence-electron chi connectivity index (χ4n) is 2.68. The van der Waals surface area contributed by atoms with E-state index < -0.39 is 0 Å². The summed E-state index contributed by atoms with van der Waals surface area (Å²) in [6.07, 6.45) is 1.20. The van der Waals surface area contributed by atoms with Crippen LogP contribution in [0, 0.1) is 0 Å². The summed E-state index contributed by atoms with van der Waals surface area (Å²) in [5.41, 5.74) is 1.52. The Hall–Kier alpha value is -1.07. The number of nitrogens with zero attached hydrogens (tertiary/aromatic N) is 2. The summed E-state index contributed by atoms with van der Waals surface area (Å²) >= 11 is 1.90. The van der Waals surface area contributed by atoms with Gasteiger partial charge in [-0.2, -0.15) is 0 Å². The van der Waals surface area contributed by atoms with Crippen LogP contribution in [0.2, 0.25) is 0 Å². The van der Waals surface area contributed by atoms with Crippen molar-refractivity contribution in [3.63, 3.8) is 0 Å². The van der Waals surface area contributed by atoms with E-state index in [-0.39, 0.29) is 0 Å². The first-order valence-corrected chi connectivity index (χ1v) is 7.94. The van der Waals surface area contributed by atoms with Crippen molar-refractivity contribution >= 4 is 17.3 Å². The number of thiophene rings is 1. The third kappa shape index (κ3) is 2.92. The first-order valence-electron chi connectivity index (χ1n) is 7.06. The molecule has 4 nitrogen and oxygen atoms in total. The van der Waals surface area contributed by atoms with Gasteiger partial charge in [0.05, 0.1) is 6.54 Å². The van der Waals surface area contributed by atoms with Crippen LogP contribution in [0.1, 0.15) is 24.3 Å². The first-order chi connectivity index (χ1) is 9.22. The minimum absolute atomic E-state index is 0.473. The van der Waals surface area contributed by atoms with Crippen LogP contribution in [0.25, 0.3) is 0 Å². The quantitative estimate of drug-likeness (QED) is 0.879. The maximum Gasteiger partial charge on any atom is 0.191 e. The average Bonchev–Trinajstić information content (AvgIpc) is 3.03. The van der Waals surface area contributed by atoms with Crippen molar-refractivity contribution < 1.29 is 0 Å². The molecule has 1 aromatic heterocycles. The molecule has 1 aromatic rings. The lowest BCUT2D eigenvalue weighted by molar-refractivity contribution is 0.192. The topological polar surface area (TPSA) is 39.7 Å². The highest BCUT2D eigenvalue weighted by atomic mass is 32.1. The minimum Gasteiger partial charge on any atom is -0.355 e. The van der Waals surface area contributed by atoms with Crippen LogP contribution in [0.15, 0.2) is 16.4 Å². The molecule has 2 atom stereocenters. The molecule has 0 saturated carbocycles. The van der Waals surface area contributed by atoms with Crippen molar-refractivity contribution in [2.45, 2.75) is 38.9 Å². The number of nitrogens with one attached hydrogen (secondary N) is 2. The Kier molecular flexibility index (Phi) is 3.75. The maximum atomic E-state index is 4.44. The standard InChI is InChI=1S/C14H22N4S/c1-10-7-15-14(17-10)16-8-11(2)18-5-3-13-12(9-18)4-6-19-13/h4,6,10-11H,3,5,7-9H2,1-2H3,(H2,15,16,17). The van der Waals surface area contributed by atoms with Crippen LogP contribution in [0.5, 0.6) is 0 Å². The van der Waals surface area contributed by atoms with Crippen molar-refractivity contribution in [3.8, 4) is 0 Å². The van der Waals surface area contributed by atoms with Gasteiger partial charge in [0.1, 0.15) is 0 Å². The lowest BCUT2D eigenvalue weighted by atomic mass is 10.1. The third-order valence-corrected chi connectivity index (χ3v) is 4.95. The van der Waals surface area contributed by atoms with E-state index in [1.165, 1.54) is 18.5 Å². The van der Waals surface area contributed by atoms with Crippen LogP contribution in [0.4, 0.5) is 0 Å². The molecule has 3 rings (SSSR count). The Labute approximate surface area is 118 Å². The van der Waals surface area contributed by atoms with Gasteiger partial charge < -0.3 is 10.6 Å². The number of rotatable bonds is 3. The molecule has 2 N–H and O–H groups in total. The smallest absolute Gasteiger partial charge is 0.191 e. The molecular weight excluding hydrogens is 256 g/mol. The molecule has 5 heteroatoms. The van der Waals surface area contributed by atoms with Crippen LogP contribution < -0.4 is 10.6 Å². The molecule has 104 valence electrons. The second-order valence-corrected chi connectivity index (χ2v) is 6.55. The Balaban J connectivity index is 1.50. The molecule has 3 heterocycles. The molecule has 0 radical (unpaired) electrons. The summed E-state index contributed by atoms with van der Waals surface area (Å²) in [6.45, 7) is 8.56. The van der Waals surface area contributed by atoms with Gasteiger partial charge >= 0.3 is 0 Å². The van der Waals surface area contributed by atoms with Crippen molar-refractivity contribution in [2.75, 3.05) is 19.6 Å². The highest BCUT2D eigenvalue weighted by Crippen LogP contribution is 2.24. The summed E-state index contributed by atoms with van der Waals surface area (Å²) in [7, 11) is 0. The fraction of sp³-hybridized carbons (Fsp3) is 0.643. The van der Waals surface area contributed by atoms with Crippen LogP contribution in [0.3, 0.4) is 0 Å². The molecule has 2 aliphatic heterocycles. The summed E-state index contributed by atoms with van der Waals surface area (Å²) in [5, 5.41) is 8.99. The second kappa shape index (κ2) is 5.51. The SMILES string of the molecule is CC1CN=C(NCC(C)N2CCc3sccc3C2)N1. The predicted octanol–water partition coefficient (Wildman–Crippen LogP) is 1.43. The zero-order valence-corrected chi connectivity index (χ0v) is 12.5. The zero-order valence-electron chi connectivity index (χ0n) is 11.6. The van der Waals surface area contributed by atoms with Gasteiger partial charge in [-0.25, -0.2) is 0 Å². The molecule has 2 unspecified atom stereocenters. The number of aliphatic imine (C=N–C) groups is 1. The van der Waals surface area contributed by atoms with Crippen LogP contribution >= 0.6 is 11.3 Å². The fourth-order valence-corrected chi connectivity index (χ4v) is 3.57. The second-order valence-electron chi connectivity index (χ2n) is 5.55. The summed E-state index contributed by atoms with van der Waals surface area (Å²) in [4.78, 5) is 8.57. The molecule has 0 fully saturated rings. The average molecular weight is 278 g/mol. The Bertz CT molecular complexity index is 468. The molecule has 0 aliphatic carbocycles. The van der Waals surface area contributed by atoms with E-state index in [0.29, 0.717) is 12.1 Å². The molecule has 0 spiro atoms. The summed E-state index contributed by atoms with van der Waals surface area (Å²) < 4.78 is 0. The first kappa shape index (κ1) is 12.9. The molecule has 19 heavy (non-hydrogen) atoms. The lowest BCUT2D eigenvalue weighted by Crippen LogP contribution is -2.46. The number of hydrogen-bond donors (Lipinski definition) is 2. The van der Waals surface area contributed by atoms with Gasteiger partial charge in [-0.3, -0.25) is 9.89 Å². The van der Waals surface area contributed by atoms with Crippen LogP contribution in [-0.4, -0.2) is 42.6 Å². The maximum absolute atomic E-state index is 4.44. The highest BCUT2D eigenvalue weighted by Gasteiger charge is 2.22. The van der Waals surface area contributed by atoms with E-state index in [2.05, 4.69) is 45.8 Å². The van der Waals surface area contributed by atoms with Gasteiger partial charge in [-0.05, 0) is 37.3 Å². The summed E-state index contributed by atoms with van der Waals surface area (Å²) in [6, 6.07) is 3.28. The van der Waals surface area contributed by atoms with Gasteiger partial charge in [0.15, 0.2) is 5.96 Å². The molecule has 0 bridgehead atoms.